The van der Waals surface area contributed by atoms with Crippen LogP contribution in [0.3, 0.4) is 0 Å². The number of carbonyl (C=O) groups excluding carboxylic acids is 1. The van der Waals surface area contributed by atoms with Crippen LogP contribution in [0.15, 0.2) is 24.3 Å². The predicted molar refractivity (Wildman–Crippen MR) is 66.6 cm³/mol. The molecule has 0 heterocycles. The summed E-state index contributed by atoms with van der Waals surface area (Å²) in [4.78, 5) is 11.2. The Morgan fingerprint density at radius 1 is 1.35 bits per heavy atom. The van der Waals surface area contributed by atoms with E-state index in [9.17, 15) is 10.0 Å². The molecule has 17 heavy (non-hydrogen) atoms. The van der Waals surface area contributed by atoms with Crippen molar-refractivity contribution in [3.05, 3.63) is 40.6 Å². The van der Waals surface area contributed by atoms with Gasteiger partial charge in [0.15, 0.2) is 11.8 Å². The number of hydroxylamine groups is 1. The minimum Gasteiger partial charge on any atom is -0.623 e. The number of amides is 1. The quantitative estimate of drug-likeness (QED) is 0.200. The molecule has 1 rings (SSSR count). The van der Waals surface area contributed by atoms with Crippen molar-refractivity contribution in [2.75, 3.05) is 0 Å². The molecule has 0 unspecified atom stereocenters. The summed E-state index contributed by atoms with van der Waals surface area (Å²) in [6, 6.07) is 6.62. The van der Waals surface area contributed by atoms with Gasteiger partial charge in [0.2, 0.25) is 0 Å². The SMILES string of the molecule is CC(C)(C)[N+]([O-])=Cc1ccc(C(=O)NN)cc1. The van der Waals surface area contributed by atoms with Gasteiger partial charge in [-0.05, 0) is 24.3 Å². The number of carbonyl (C=O) groups is 1. The second kappa shape index (κ2) is 4.97. The number of nitrogens with zero attached hydrogens (tertiary/aromatic N) is 1. The third-order valence-electron chi connectivity index (χ3n) is 2.23. The number of hydrazine groups is 1. The standard InChI is InChI=1S/C12H17N3O2/c1-12(2,3)15(17)8-9-4-6-10(7-5-9)11(16)14-13/h4-8H,13H2,1-3H3,(H,14,16). The smallest absolute Gasteiger partial charge is 0.265 e. The van der Waals surface area contributed by atoms with Gasteiger partial charge in [0.1, 0.15) is 0 Å². The van der Waals surface area contributed by atoms with Crippen molar-refractivity contribution < 1.29 is 9.53 Å². The summed E-state index contributed by atoms with van der Waals surface area (Å²) >= 11 is 0. The second-order valence-corrected chi connectivity index (χ2v) is 4.72. The van der Waals surface area contributed by atoms with Gasteiger partial charge in [0, 0.05) is 31.9 Å². The normalized spacial score (nSPS) is 12.4. The van der Waals surface area contributed by atoms with Crippen LogP contribution in [-0.4, -0.2) is 22.4 Å². The summed E-state index contributed by atoms with van der Waals surface area (Å²) in [7, 11) is 0. The maximum atomic E-state index is 11.7. The van der Waals surface area contributed by atoms with Gasteiger partial charge in [-0.15, -0.1) is 0 Å². The van der Waals surface area contributed by atoms with Crippen LogP contribution in [0.25, 0.3) is 0 Å². The summed E-state index contributed by atoms with van der Waals surface area (Å²) in [5.41, 5.74) is 2.76. The molecule has 3 N–H and O–H groups in total. The van der Waals surface area contributed by atoms with Crippen LogP contribution < -0.4 is 11.3 Å². The average molecular weight is 235 g/mol. The molecule has 0 aromatic heterocycles. The molecular weight excluding hydrogens is 218 g/mol. The molecule has 92 valence electrons. The van der Waals surface area contributed by atoms with Crippen molar-refractivity contribution in [3.8, 4) is 0 Å². The lowest BCUT2D eigenvalue weighted by atomic mass is 10.1. The van der Waals surface area contributed by atoms with E-state index in [4.69, 9.17) is 5.84 Å². The zero-order chi connectivity index (χ0) is 13.1. The van der Waals surface area contributed by atoms with Gasteiger partial charge >= 0.3 is 0 Å². The highest BCUT2D eigenvalue weighted by Gasteiger charge is 2.17. The highest BCUT2D eigenvalue weighted by atomic mass is 16.5. The summed E-state index contributed by atoms with van der Waals surface area (Å²) in [6.45, 7) is 5.48. The Hall–Kier alpha value is -1.88. The Bertz CT molecular complexity index is 430. The first-order chi connectivity index (χ1) is 7.84. The minimum absolute atomic E-state index is 0.355. The van der Waals surface area contributed by atoms with E-state index in [1.807, 2.05) is 26.2 Å². The first kappa shape index (κ1) is 13.2. The fraction of sp³-hybridized carbons (Fsp3) is 0.333. The number of nitrogens with two attached hydrogens (primary N) is 1. The minimum atomic E-state index is -0.479. The van der Waals surface area contributed by atoms with Crippen LogP contribution in [0.1, 0.15) is 36.7 Å². The van der Waals surface area contributed by atoms with Crippen LogP contribution in [0, 0.1) is 5.21 Å². The summed E-state index contributed by atoms with van der Waals surface area (Å²) < 4.78 is 0.880. The van der Waals surface area contributed by atoms with E-state index < -0.39 is 5.54 Å². The number of benzene rings is 1. The van der Waals surface area contributed by atoms with Crippen LogP contribution in [-0.2, 0) is 0 Å². The van der Waals surface area contributed by atoms with Crippen LogP contribution in [0.2, 0.25) is 0 Å². The zero-order valence-corrected chi connectivity index (χ0v) is 10.2. The number of nitrogen functional groups attached to an aromatic ring is 1. The van der Waals surface area contributed by atoms with Crippen molar-refractivity contribution in [3.63, 3.8) is 0 Å². The van der Waals surface area contributed by atoms with Gasteiger partial charge in [0.25, 0.3) is 5.91 Å². The lowest BCUT2D eigenvalue weighted by Gasteiger charge is -2.18. The third-order valence-corrected chi connectivity index (χ3v) is 2.23. The second-order valence-electron chi connectivity index (χ2n) is 4.72. The molecule has 0 saturated carbocycles. The van der Waals surface area contributed by atoms with E-state index in [0.717, 1.165) is 10.3 Å². The Morgan fingerprint density at radius 3 is 2.29 bits per heavy atom. The van der Waals surface area contributed by atoms with Crippen LogP contribution >= 0.6 is 0 Å². The van der Waals surface area contributed by atoms with Crippen molar-refractivity contribution in [1.29, 1.82) is 0 Å². The molecule has 0 aliphatic carbocycles. The average Bonchev–Trinajstić information content (AvgIpc) is 2.27. The molecule has 0 bridgehead atoms. The molecule has 0 atom stereocenters. The predicted octanol–water partition coefficient (Wildman–Crippen LogP) is 1.02. The van der Waals surface area contributed by atoms with Crippen molar-refractivity contribution in [1.82, 2.24) is 5.43 Å². The summed E-state index contributed by atoms with van der Waals surface area (Å²) in [5, 5.41) is 11.7. The molecule has 0 radical (unpaired) electrons. The highest BCUT2D eigenvalue weighted by Crippen LogP contribution is 2.07. The number of rotatable bonds is 2. The highest BCUT2D eigenvalue weighted by molar-refractivity contribution is 5.94. The molecule has 5 nitrogen and oxygen atoms in total. The van der Waals surface area contributed by atoms with Crippen molar-refractivity contribution in [2.24, 2.45) is 5.84 Å². The van der Waals surface area contributed by atoms with E-state index in [0.29, 0.717) is 5.56 Å². The molecule has 1 aromatic carbocycles. The molecule has 5 heteroatoms. The van der Waals surface area contributed by atoms with Gasteiger partial charge < -0.3 is 5.21 Å². The molecule has 1 amide bonds. The van der Waals surface area contributed by atoms with Gasteiger partial charge in [-0.25, -0.2) is 10.6 Å². The van der Waals surface area contributed by atoms with Gasteiger partial charge in [-0.1, -0.05) is 0 Å². The molecule has 0 fully saturated rings. The Kier molecular flexibility index (Phi) is 3.85. The molecule has 0 spiro atoms. The molecule has 0 aliphatic heterocycles. The zero-order valence-electron chi connectivity index (χ0n) is 10.2. The monoisotopic (exact) mass is 235 g/mol. The maximum Gasteiger partial charge on any atom is 0.265 e. The van der Waals surface area contributed by atoms with Crippen molar-refractivity contribution in [2.45, 2.75) is 26.3 Å². The van der Waals surface area contributed by atoms with E-state index >= 15 is 0 Å². The summed E-state index contributed by atoms with van der Waals surface area (Å²) in [6.07, 6.45) is 1.49. The lowest BCUT2D eigenvalue weighted by molar-refractivity contribution is -0.530. The lowest BCUT2D eigenvalue weighted by Crippen LogP contribution is -2.30. The molecule has 0 aliphatic rings. The topological polar surface area (TPSA) is 81.2 Å². The Morgan fingerprint density at radius 2 is 1.88 bits per heavy atom. The van der Waals surface area contributed by atoms with Gasteiger partial charge in [-0.3, -0.25) is 10.2 Å². The largest absolute Gasteiger partial charge is 0.623 e. The first-order valence-corrected chi connectivity index (χ1v) is 5.27. The third kappa shape index (κ3) is 3.57. The van der Waals surface area contributed by atoms with Crippen molar-refractivity contribution >= 4 is 12.1 Å². The Balaban J connectivity index is 2.93. The van der Waals surface area contributed by atoms with Crippen LogP contribution in [0.5, 0.6) is 0 Å². The number of hydrogen-bond donors (Lipinski definition) is 2. The van der Waals surface area contributed by atoms with E-state index in [2.05, 4.69) is 0 Å². The van der Waals surface area contributed by atoms with E-state index in [1.165, 1.54) is 6.21 Å². The fourth-order valence-corrected chi connectivity index (χ4v) is 1.13. The molecule has 1 aromatic rings. The fourth-order valence-electron chi connectivity index (χ4n) is 1.13. The van der Waals surface area contributed by atoms with E-state index in [-0.39, 0.29) is 5.91 Å². The Labute approximate surface area is 100 Å². The maximum absolute atomic E-state index is 11.7. The van der Waals surface area contributed by atoms with E-state index in [1.54, 1.807) is 24.3 Å². The molecular formula is C12H17N3O2. The number of nitrogens with one attached hydrogen (secondary N) is 1. The summed E-state index contributed by atoms with van der Waals surface area (Å²) in [5.74, 6) is 4.66. The van der Waals surface area contributed by atoms with Gasteiger partial charge in [-0.2, -0.15) is 0 Å². The van der Waals surface area contributed by atoms with Gasteiger partial charge in [0.05, 0.1) is 0 Å². The number of hydrogen-bond acceptors (Lipinski definition) is 3. The molecule has 0 saturated heterocycles. The van der Waals surface area contributed by atoms with Crippen LogP contribution in [0.4, 0.5) is 0 Å². The first-order valence-electron chi connectivity index (χ1n) is 5.27.